The first-order chi connectivity index (χ1) is 21.3. The van der Waals surface area contributed by atoms with Gasteiger partial charge in [-0.1, -0.05) is 42.5 Å². The summed E-state index contributed by atoms with van der Waals surface area (Å²) < 4.78 is 48.8. The third kappa shape index (κ3) is 8.79. The fourth-order valence-electron chi connectivity index (χ4n) is 4.76. The molecule has 1 saturated heterocycles. The Morgan fingerprint density at radius 3 is 2.23 bits per heavy atom. The molecule has 1 aliphatic rings. The Balaban J connectivity index is 1.54. The zero-order valence-electron chi connectivity index (χ0n) is 25.0. The van der Waals surface area contributed by atoms with Gasteiger partial charge in [0.2, 0.25) is 15.9 Å². The number of ether oxygens (including phenoxy) is 4. The number of nitrogens with one attached hydrogen (secondary N) is 1. The van der Waals surface area contributed by atoms with Gasteiger partial charge in [-0.15, -0.1) is 0 Å². The summed E-state index contributed by atoms with van der Waals surface area (Å²) in [4.78, 5) is 29.1. The number of sulfonamides is 1. The van der Waals surface area contributed by atoms with Crippen molar-refractivity contribution in [2.75, 3.05) is 60.3 Å². The highest BCUT2D eigenvalue weighted by molar-refractivity contribution is 7.89. The van der Waals surface area contributed by atoms with E-state index < -0.39 is 22.0 Å². The smallest absolute Gasteiger partial charge is 0.261 e. The number of carbonyl (C=O) groups excluding carboxylic acids is 2. The van der Waals surface area contributed by atoms with Crippen LogP contribution >= 0.6 is 0 Å². The number of hydrogen-bond donors (Lipinski definition) is 1. The molecule has 4 rings (SSSR count). The predicted molar refractivity (Wildman–Crippen MR) is 164 cm³/mol. The van der Waals surface area contributed by atoms with Crippen LogP contribution in [0.2, 0.25) is 0 Å². The molecule has 1 unspecified atom stereocenters. The van der Waals surface area contributed by atoms with Crippen LogP contribution in [0.4, 0.5) is 0 Å². The summed E-state index contributed by atoms with van der Waals surface area (Å²) in [6.07, 6.45) is 0.622. The summed E-state index contributed by atoms with van der Waals surface area (Å²) in [5, 5.41) is 2.93. The van der Waals surface area contributed by atoms with E-state index in [-0.39, 0.29) is 24.0 Å². The number of carbonyl (C=O) groups is 2. The molecule has 1 atom stereocenters. The van der Waals surface area contributed by atoms with Crippen molar-refractivity contribution in [3.8, 4) is 11.5 Å². The predicted octanol–water partition coefficient (Wildman–Crippen LogP) is 3.02. The molecule has 1 aliphatic heterocycles. The zero-order valence-corrected chi connectivity index (χ0v) is 25.8. The van der Waals surface area contributed by atoms with Crippen molar-refractivity contribution in [1.29, 1.82) is 0 Å². The van der Waals surface area contributed by atoms with Gasteiger partial charge < -0.3 is 29.2 Å². The summed E-state index contributed by atoms with van der Waals surface area (Å²) in [5.74, 6) is 0.243. The Bertz CT molecular complexity index is 1450. The molecule has 0 aliphatic carbocycles. The Kier molecular flexibility index (Phi) is 12.1. The lowest BCUT2D eigenvalue weighted by Gasteiger charge is -2.31. The first kappa shape index (κ1) is 32.9. The monoisotopic (exact) mass is 625 g/mol. The molecule has 2 amide bonds. The van der Waals surface area contributed by atoms with Crippen molar-refractivity contribution in [3.05, 3.63) is 90.0 Å². The lowest BCUT2D eigenvalue weighted by Crippen LogP contribution is -2.45. The van der Waals surface area contributed by atoms with E-state index in [4.69, 9.17) is 18.9 Å². The maximum Gasteiger partial charge on any atom is 0.261 e. The van der Waals surface area contributed by atoms with Gasteiger partial charge in [0.05, 0.1) is 25.2 Å². The molecule has 1 N–H and O–H groups in total. The van der Waals surface area contributed by atoms with Gasteiger partial charge in [0.15, 0.2) is 6.61 Å². The minimum Gasteiger partial charge on any atom is -0.497 e. The van der Waals surface area contributed by atoms with Crippen LogP contribution < -0.4 is 14.8 Å². The molecule has 0 bridgehead atoms. The van der Waals surface area contributed by atoms with E-state index in [0.29, 0.717) is 62.9 Å². The van der Waals surface area contributed by atoms with Crippen molar-refractivity contribution in [2.45, 2.75) is 23.9 Å². The van der Waals surface area contributed by atoms with Crippen LogP contribution in [0, 0.1) is 0 Å². The second-order valence-electron chi connectivity index (χ2n) is 10.1. The number of methoxy groups -OCH3 is 2. The van der Waals surface area contributed by atoms with Crippen LogP contribution in [0.1, 0.15) is 23.6 Å². The van der Waals surface area contributed by atoms with Crippen molar-refractivity contribution in [2.24, 2.45) is 0 Å². The van der Waals surface area contributed by atoms with Crippen molar-refractivity contribution >= 4 is 21.8 Å². The Morgan fingerprint density at radius 2 is 1.59 bits per heavy atom. The Morgan fingerprint density at radius 1 is 0.932 bits per heavy atom. The van der Waals surface area contributed by atoms with Gasteiger partial charge in [-0.2, -0.15) is 4.31 Å². The fraction of sp³-hybridized carbons (Fsp3) is 0.375. The van der Waals surface area contributed by atoms with Crippen molar-refractivity contribution < 1.29 is 37.0 Å². The fourth-order valence-corrected chi connectivity index (χ4v) is 6.16. The molecule has 1 fully saturated rings. The maximum absolute atomic E-state index is 13.8. The third-order valence-corrected chi connectivity index (χ3v) is 9.04. The molecular weight excluding hydrogens is 586 g/mol. The van der Waals surface area contributed by atoms with Gasteiger partial charge in [0.25, 0.3) is 5.91 Å². The highest BCUT2D eigenvalue weighted by Crippen LogP contribution is 2.26. The first-order valence-corrected chi connectivity index (χ1v) is 15.8. The Hall–Kier alpha value is -3.97. The Labute approximate surface area is 258 Å². The minimum atomic E-state index is -3.66. The summed E-state index contributed by atoms with van der Waals surface area (Å²) in [5.41, 5.74) is 1.45. The molecule has 12 heteroatoms. The van der Waals surface area contributed by atoms with Crippen molar-refractivity contribution in [1.82, 2.24) is 14.5 Å². The van der Waals surface area contributed by atoms with E-state index in [1.807, 2.05) is 42.5 Å². The average Bonchev–Trinajstić information content (AvgIpc) is 3.06. The third-order valence-electron chi connectivity index (χ3n) is 7.13. The average molecular weight is 626 g/mol. The van der Waals surface area contributed by atoms with Gasteiger partial charge in [0.1, 0.15) is 17.5 Å². The second-order valence-corrected chi connectivity index (χ2v) is 12.0. The topological polar surface area (TPSA) is 124 Å². The molecule has 0 radical (unpaired) electrons. The molecule has 3 aromatic carbocycles. The van der Waals surface area contributed by atoms with Gasteiger partial charge in [-0.25, -0.2) is 8.42 Å². The highest BCUT2D eigenvalue weighted by atomic mass is 32.2. The molecular formula is C32H39N3O8S. The number of amides is 2. The molecule has 0 saturated carbocycles. The number of benzene rings is 3. The summed E-state index contributed by atoms with van der Waals surface area (Å²) in [7, 11) is -0.492. The van der Waals surface area contributed by atoms with E-state index in [9.17, 15) is 18.0 Å². The molecule has 1 heterocycles. The number of morpholine rings is 1. The maximum atomic E-state index is 13.8. The quantitative estimate of drug-likeness (QED) is 0.256. The number of rotatable bonds is 15. The van der Waals surface area contributed by atoms with Gasteiger partial charge >= 0.3 is 0 Å². The van der Waals surface area contributed by atoms with E-state index in [1.165, 1.54) is 33.5 Å². The van der Waals surface area contributed by atoms with Crippen LogP contribution in [0.3, 0.4) is 0 Å². The lowest BCUT2D eigenvalue weighted by atomic mass is 10.0. The van der Waals surface area contributed by atoms with Crippen LogP contribution in [0.5, 0.6) is 11.5 Å². The minimum absolute atomic E-state index is 0.133. The largest absolute Gasteiger partial charge is 0.497 e. The van der Waals surface area contributed by atoms with Gasteiger partial charge in [-0.3, -0.25) is 9.59 Å². The van der Waals surface area contributed by atoms with Gasteiger partial charge in [-0.05, 0) is 53.9 Å². The standard InChI is InChI=1S/C32H39N3O8S/c1-40-20-6-17-33-32(37)31(26-7-4-3-5-8-26)35(23-25-9-11-27(41-2)12-10-25)30(36)24-43-28-13-15-29(16-14-28)44(38,39)34-18-21-42-22-19-34/h3-5,7-16,31H,6,17-24H2,1-2H3,(H,33,37). The second kappa shape index (κ2) is 16.2. The van der Waals surface area contributed by atoms with E-state index in [1.54, 1.807) is 26.4 Å². The summed E-state index contributed by atoms with van der Waals surface area (Å²) >= 11 is 0. The first-order valence-electron chi connectivity index (χ1n) is 14.4. The molecule has 11 nitrogen and oxygen atoms in total. The summed E-state index contributed by atoms with van der Waals surface area (Å²) in [6.45, 7) is 1.93. The van der Waals surface area contributed by atoms with Crippen LogP contribution in [-0.2, 0) is 35.6 Å². The van der Waals surface area contributed by atoms with Crippen LogP contribution in [-0.4, -0.2) is 89.7 Å². The number of hydrogen-bond acceptors (Lipinski definition) is 8. The molecule has 44 heavy (non-hydrogen) atoms. The van der Waals surface area contributed by atoms with Crippen molar-refractivity contribution in [3.63, 3.8) is 0 Å². The van der Waals surface area contributed by atoms with E-state index in [2.05, 4.69) is 5.32 Å². The zero-order chi connectivity index (χ0) is 31.4. The van der Waals surface area contributed by atoms with Crippen LogP contribution in [0.15, 0.2) is 83.8 Å². The SMILES string of the molecule is COCCCNC(=O)C(c1ccccc1)N(Cc1ccc(OC)cc1)C(=O)COc1ccc(S(=O)(=O)N2CCOCC2)cc1. The summed E-state index contributed by atoms with van der Waals surface area (Å²) in [6, 6.07) is 21.4. The van der Waals surface area contributed by atoms with Crippen LogP contribution in [0.25, 0.3) is 0 Å². The highest BCUT2D eigenvalue weighted by Gasteiger charge is 2.32. The molecule has 236 valence electrons. The van der Waals surface area contributed by atoms with E-state index >= 15 is 0 Å². The molecule has 0 spiro atoms. The van der Waals surface area contributed by atoms with E-state index in [0.717, 1.165) is 5.56 Å². The normalized spacial score (nSPS) is 14.4. The lowest BCUT2D eigenvalue weighted by molar-refractivity contribution is -0.143. The van der Waals surface area contributed by atoms with Gasteiger partial charge in [0, 0.05) is 39.9 Å². The number of nitrogens with zero attached hydrogens (tertiary/aromatic N) is 2. The molecule has 3 aromatic rings. The molecule has 0 aromatic heterocycles.